The Hall–Kier alpha value is -3.36. The maximum atomic E-state index is 11.0. The number of amides is 1. The third kappa shape index (κ3) is 3.03. The van der Waals surface area contributed by atoms with Gasteiger partial charge in [0.1, 0.15) is 11.5 Å². The summed E-state index contributed by atoms with van der Waals surface area (Å²) in [6.45, 7) is 0. The molecule has 0 saturated carbocycles. The van der Waals surface area contributed by atoms with Crippen molar-refractivity contribution in [2.45, 2.75) is 6.42 Å². The predicted octanol–water partition coefficient (Wildman–Crippen LogP) is 0.705. The molecule has 0 aliphatic rings. The Morgan fingerprint density at radius 1 is 1.23 bits per heavy atom. The van der Waals surface area contributed by atoms with Gasteiger partial charge in [0.15, 0.2) is 11.6 Å². The summed E-state index contributed by atoms with van der Waals surface area (Å²) in [6.07, 6.45) is 0.773. The summed E-state index contributed by atoms with van der Waals surface area (Å²) in [5.41, 5.74) is 6.31. The quantitative estimate of drug-likeness (QED) is 0.724. The first-order valence-electron chi connectivity index (χ1n) is 6.33. The van der Waals surface area contributed by atoms with Gasteiger partial charge in [-0.25, -0.2) is 14.8 Å². The van der Waals surface area contributed by atoms with Crippen molar-refractivity contribution in [3.8, 4) is 17.0 Å². The lowest BCUT2D eigenvalue weighted by molar-refractivity contribution is 0.210. The summed E-state index contributed by atoms with van der Waals surface area (Å²) < 4.78 is 4.95. The molecule has 3 N–H and O–H groups in total. The largest absolute Gasteiger partial charge is 0.410 e. The van der Waals surface area contributed by atoms with Gasteiger partial charge in [0.25, 0.3) is 0 Å². The molecular formula is C13H11N7O2. The van der Waals surface area contributed by atoms with Crippen LogP contribution >= 0.6 is 0 Å². The second-order valence-corrected chi connectivity index (χ2v) is 4.29. The van der Waals surface area contributed by atoms with E-state index < -0.39 is 6.09 Å². The Morgan fingerprint density at radius 3 is 2.73 bits per heavy atom. The number of ether oxygens (including phenoxy) is 1. The molecule has 2 heterocycles. The number of benzene rings is 1. The van der Waals surface area contributed by atoms with Crippen LogP contribution in [0.25, 0.3) is 11.3 Å². The molecule has 9 heteroatoms. The maximum absolute atomic E-state index is 11.0. The number of rotatable bonds is 4. The highest BCUT2D eigenvalue weighted by Crippen LogP contribution is 2.27. The van der Waals surface area contributed by atoms with Gasteiger partial charge in [0.2, 0.25) is 0 Å². The number of aromatic amines is 1. The van der Waals surface area contributed by atoms with Crippen LogP contribution in [0.5, 0.6) is 5.75 Å². The smallest absolute Gasteiger partial charge is 0.406 e. The van der Waals surface area contributed by atoms with Crippen molar-refractivity contribution in [2.75, 3.05) is 0 Å². The fraction of sp³-hybridized carbons (Fsp3) is 0.0769. The van der Waals surface area contributed by atoms with Gasteiger partial charge < -0.3 is 10.5 Å². The zero-order chi connectivity index (χ0) is 15.4. The van der Waals surface area contributed by atoms with Gasteiger partial charge in [0, 0.05) is 5.56 Å². The Kier molecular flexibility index (Phi) is 3.69. The van der Waals surface area contributed by atoms with Crippen molar-refractivity contribution in [3.05, 3.63) is 48.2 Å². The predicted molar refractivity (Wildman–Crippen MR) is 74.7 cm³/mol. The summed E-state index contributed by atoms with van der Waals surface area (Å²) in [6, 6.07) is 9.26. The molecule has 3 rings (SSSR count). The number of hydrogen-bond donors (Lipinski definition) is 2. The first-order chi connectivity index (χ1) is 10.7. The second kappa shape index (κ2) is 5.95. The number of carbonyl (C=O) groups excluding carboxylic acids is 1. The molecule has 0 aliphatic heterocycles. The third-order valence-corrected chi connectivity index (χ3v) is 2.77. The number of H-pyrrole nitrogens is 1. The standard InChI is InChI=1S/C13H11N7O2/c14-13(21)22-9-7-15-10(6-11-17-19-20-18-11)16-12(9)8-4-2-1-3-5-8/h1-5,7H,6H2,(H2,14,21)(H,17,18,19,20). The molecule has 110 valence electrons. The number of nitrogens with one attached hydrogen (secondary N) is 1. The van der Waals surface area contributed by atoms with Crippen LogP contribution < -0.4 is 10.5 Å². The fourth-order valence-electron chi connectivity index (χ4n) is 1.88. The van der Waals surface area contributed by atoms with Crippen LogP contribution in [0.15, 0.2) is 36.5 Å². The van der Waals surface area contributed by atoms with E-state index in [1.807, 2.05) is 30.3 Å². The SMILES string of the molecule is NC(=O)Oc1cnc(Cc2nn[nH]n2)nc1-c1ccccc1. The highest BCUT2D eigenvalue weighted by molar-refractivity contribution is 5.73. The van der Waals surface area contributed by atoms with Crippen molar-refractivity contribution in [2.24, 2.45) is 5.73 Å². The molecule has 0 bridgehead atoms. The van der Waals surface area contributed by atoms with Crippen LogP contribution in [-0.2, 0) is 6.42 Å². The maximum Gasteiger partial charge on any atom is 0.410 e. The van der Waals surface area contributed by atoms with E-state index in [1.54, 1.807) is 0 Å². The van der Waals surface area contributed by atoms with Crippen LogP contribution in [0, 0.1) is 0 Å². The minimum Gasteiger partial charge on any atom is -0.406 e. The zero-order valence-corrected chi connectivity index (χ0v) is 11.3. The first kappa shape index (κ1) is 13.6. The van der Waals surface area contributed by atoms with Gasteiger partial charge in [-0.1, -0.05) is 35.5 Å². The number of nitrogens with zero attached hydrogens (tertiary/aromatic N) is 5. The number of hydrogen-bond acceptors (Lipinski definition) is 7. The molecule has 0 fully saturated rings. The molecule has 2 aromatic heterocycles. The van der Waals surface area contributed by atoms with Crippen molar-refractivity contribution >= 4 is 6.09 Å². The minimum absolute atomic E-state index is 0.190. The summed E-state index contributed by atoms with van der Waals surface area (Å²) in [7, 11) is 0. The third-order valence-electron chi connectivity index (χ3n) is 2.77. The number of carbonyl (C=O) groups is 1. The Morgan fingerprint density at radius 2 is 2.05 bits per heavy atom. The van der Waals surface area contributed by atoms with Gasteiger partial charge in [-0.2, -0.15) is 5.21 Å². The highest BCUT2D eigenvalue weighted by Gasteiger charge is 2.14. The molecule has 1 amide bonds. The fourth-order valence-corrected chi connectivity index (χ4v) is 1.88. The average molecular weight is 297 g/mol. The molecule has 0 atom stereocenters. The van der Waals surface area contributed by atoms with Gasteiger partial charge in [-0.15, -0.1) is 10.2 Å². The van der Waals surface area contributed by atoms with E-state index in [2.05, 4.69) is 30.6 Å². The Labute approximate surface area is 124 Å². The van der Waals surface area contributed by atoms with Crippen LogP contribution in [0.4, 0.5) is 4.79 Å². The highest BCUT2D eigenvalue weighted by atomic mass is 16.5. The van der Waals surface area contributed by atoms with Gasteiger partial charge in [-0.05, 0) is 0 Å². The van der Waals surface area contributed by atoms with Crippen molar-refractivity contribution in [1.82, 2.24) is 30.6 Å². The molecule has 3 aromatic rings. The lowest BCUT2D eigenvalue weighted by Crippen LogP contribution is -2.17. The van der Waals surface area contributed by atoms with E-state index in [4.69, 9.17) is 10.5 Å². The van der Waals surface area contributed by atoms with E-state index in [9.17, 15) is 4.79 Å². The molecule has 0 radical (unpaired) electrons. The zero-order valence-electron chi connectivity index (χ0n) is 11.3. The van der Waals surface area contributed by atoms with Gasteiger partial charge in [0.05, 0.1) is 12.6 Å². The van der Waals surface area contributed by atoms with Crippen LogP contribution in [0.3, 0.4) is 0 Å². The Balaban J connectivity index is 2.00. The molecular weight excluding hydrogens is 286 g/mol. The lowest BCUT2D eigenvalue weighted by Gasteiger charge is -2.08. The van der Waals surface area contributed by atoms with E-state index in [0.717, 1.165) is 5.56 Å². The van der Waals surface area contributed by atoms with Gasteiger partial charge in [-0.3, -0.25) is 0 Å². The number of nitrogens with two attached hydrogens (primary N) is 1. The van der Waals surface area contributed by atoms with Crippen LogP contribution in [0.1, 0.15) is 11.6 Å². The van der Waals surface area contributed by atoms with Crippen molar-refractivity contribution in [3.63, 3.8) is 0 Å². The second-order valence-electron chi connectivity index (χ2n) is 4.29. The lowest BCUT2D eigenvalue weighted by atomic mass is 10.1. The van der Waals surface area contributed by atoms with Crippen LogP contribution in [-0.4, -0.2) is 36.7 Å². The van der Waals surface area contributed by atoms with E-state index >= 15 is 0 Å². The molecule has 9 nitrogen and oxygen atoms in total. The first-order valence-corrected chi connectivity index (χ1v) is 6.33. The summed E-state index contributed by atoms with van der Waals surface area (Å²) >= 11 is 0. The number of primary amides is 1. The molecule has 0 spiro atoms. The summed E-state index contributed by atoms with van der Waals surface area (Å²) in [5.74, 6) is 1.12. The Bertz CT molecular complexity index is 774. The number of aromatic nitrogens is 6. The van der Waals surface area contributed by atoms with E-state index in [0.29, 0.717) is 23.8 Å². The van der Waals surface area contributed by atoms with Crippen LogP contribution in [0.2, 0.25) is 0 Å². The molecule has 0 aliphatic carbocycles. The van der Waals surface area contributed by atoms with Crippen molar-refractivity contribution < 1.29 is 9.53 Å². The molecule has 22 heavy (non-hydrogen) atoms. The van der Waals surface area contributed by atoms with E-state index in [-0.39, 0.29) is 5.75 Å². The topological polar surface area (TPSA) is 133 Å². The summed E-state index contributed by atoms with van der Waals surface area (Å²) in [4.78, 5) is 19.5. The van der Waals surface area contributed by atoms with Crippen molar-refractivity contribution in [1.29, 1.82) is 0 Å². The molecule has 0 unspecified atom stereocenters. The van der Waals surface area contributed by atoms with E-state index in [1.165, 1.54) is 6.20 Å². The van der Waals surface area contributed by atoms with Gasteiger partial charge >= 0.3 is 6.09 Å². The number of tetrazole rings is 1. The minimum atomic E-state index is -0.924. The summed E-state index contributed by atoms with van der Waals surface area (Å²) in [5, 5.41) is 13.5. The monoisotopic (exact) mass is 297 g/mol. The molecule has 1 aromatic carbocycles. The average Bonchev–Trinajstić information content (AvgIpc) is 3.02. The normalized spacial score (nSPS) is 10.4. The molecule has 0 saturated heterocycles.